The fourth-order valence-corrected chi connectivity index (χ4v) is 3.32. The molecule has 1 saturated heterocycles. The molecule has 0 amide bonds. The van der Waals surface area contributed by atoms with E-state index in [9.17, 15) is 4.79 Å². The van der Waals surface area contributed by atoms with E-state index in [2.05, 4.69) is 10.2 Å². The van der Waals surface area contributed by atoms with Gasteiger partial charge in [0.05, 0.1) is 6.54 Å². The van der Waals surface area contributed by atoms with Crippen molar-refractivity contribution in [2.75, 3.05) is 19.6 Å². The molecule has 4 heteroatoms. The van der Waals surface area contributed by atoms with Crippen LogP contribution in [0.4, 0.5) is 0 Å². The number of hydrogen-bond donors (Lipinski definition) is 2. The number of rotatable bonds is 6. The van der Waals surface area contributed by atoms with Gasteiger partial charge in [0.25, 0.3) is 0 Å². The van der Waals surface area contributed by atoms with Gasteiger partial charge in [-0.25, -0.2) is 0 Å². The molecule has 2 saturated carbocycles. The van der Waals surface area contributed by atoms with Gasteiger partial charge in [-0.05, 0) is 37.5 Å². The average Bonchev–Trinajstić information content (AvgIpc) is 3.12. The topological polar surface area (TPSA) is 52.6 Å². The summed E-state index contributed by atoms with van der Waals surface area (Å²) < 4.78 is 0. The highest BCUT2D eigenvalue weighted by molar-refractivity contribution is 5.69. The second kappa shape index (κ2) is 5.17. The average molecular weight is 252 g/mol. The van der Waals surface area contributed by atoms with E-state index < -0.39 is 5.97 Å². The quantitative estimate of drug-likeness (QED) is 0.748. The molecular formula is C14H24N2O2. The van der Waals surface area contributed by atoms with Crippen molar-refractivity contribution < 1.29 is 9.90 Å². The molecule has 102 valence electrons. The Balaban J connectivity index is 1.54. The van der Waals surface area contributed by atoms with Crippen LogP contribution < -0.4 is 5.32 Å². The number of carboxylic acid groups (broad SMARTS) is 1. The Morgan fingerprint density at radius 2 is 1.89 bits per heavy atom. The van der Waals surface area contributed by atoms with Gasteiger partial charge >= 0.3 is 5.97 Å². The molecule has 4 nitrogen and oxygen atoms in total. The molecule has 0 aromatic rings. The third kappa shape index (κ3) is 3.69. The van der Waals surface area contributed by atoms with Gasteiger partial charge in [-0.2, -0.15) is 0 Å². The molecule has 0 aromatic heterocycles. The van der Waals surface area contributed by atoms with Crippen LogP contribution in [0.5, 0.6) is 0 Å². The molecule has 0 spiro atoms. The zero-order valence-corrected chi connectivity index (χ0v) is 11.0. The maximum Gasteiger partial charge on any atom is 0.317 e. The van der Waals surface area contributed by atoms with Crippen LogP contribution in [-0.4, -0.2) is 47.7 Å². The minimum absolute atomic E-state index is 0.212. The van der Waals surface area contributed by atoms with E-state index in [4.69, 9.17) is 5.11 Å². The Morgan fingerprint density at radius 3 is 2.50 bits per heavy atom. The lowest BCUT2D eigenvalue weighted by Gasteiger charge is -2.37. The smallest absolute Gasteiger partial charge is 0.317 e. The van der Waals surface area contributed by atoms with Crippen molar-refractivity contribution in [3.05, 3.63) is 0 Å². The highest BCUT2D eigenvalue weighted by Gasteiger charge is 2.34. The summed E-state index contributed by atoms with van der Waals surface area (Å²) >= 11 is 0. The molecule has 3 rings (SSSR count). The summed E-state index contributed by atoms with van der Waals surface area (Å²) in [7, 11) is 0. The first kappa shape index (κ1) is 12.4. The van der Waals surface area contributed by atoms with Crippen LogP contribution in [0, 0.1) is 11.8 Å². The Hall–Kier alpha value is -0.610. The second-order valence-electron chi connectivity index (χ2n) is 6.51. The Labute approximate surface area is 109 Å². The Morgan fingerprint density at radius 1 is 1.11 bits per heavy atom. The summed E-state index contributed by atoms with van der Waals surface area (Å²) in [5.41, 5.74) is 0. The number of nitrogens with zero attached hydrogens (tertiary/aromatic N) is 1. The molecule has 1 heterocycles. The lowest BCUT2D eigenvalue weighted by molar-refractivity contribution is -0.138. The monoisotopic (exact) mass is 252 g/mol. The van der Waals surface area contributed by atoms with Gasteiger partial charge in [0.1, 0.15) is 0 Å². The minimum Gasteiger partial charge on any atom is -0.480 e. The third-order valence-electron chi connectivity index (χ3n) is 4.38. The number of aliphatic carboxylic acids is 1. The number of carboxylic acids is 1. The van der Waals surface area contributed by atoms with E-state index in [1.54, 1.807) is 0 Å². The molecule has 18 heavy (non-hydrogen) atoms. The summed E-state index contributed by atoms with van der Waals surface area (Å²) in [5.74, 6) is 0.968. The van der Waals surface area contributed by atoms with Gasteiger partial charge in [-0.15, -0.1) is 0 Å². The van der Waals surface area contributed by atoms with Crippen molar-refractivity contribution in [2.24, 2.45) is 11.8 Å². The van der Waals surface area contributed by atoms with E-state index in [0.29, 0.717) is 12.0 Å². The van der Waals surface area contributed by atoms with Gasteiger partial charge in [-0.1, -0.05) is 12.8 Å². The molecule has 1 aliphatic heterocycles. The lowest BCUT2D eigenvalue weighted by Crippen LogP contribution is -2.51. The fourth-order valence-electron chi connectivity index (χ4n) is 3.32. The van der Waals surface area contributed by atoms with Gasteiger partial charge in [0, 0.05) is 25.2 Å². The SMILES string of the molecule is O=C(O)CN1CC(CC2CC2)CC(NC2CC2)C1. The predicted molar refractivity (Wildman–Crippen MR) is 69.5 cm³/mol. The van der Waals surface area contributed by atoms with Gasteiger partial charge in [-0.3, -0.25) is 9.69 Å². The summed E-state index contributed by atoms with van der Waals surface area (Å²) in [6.07, 6.45) is 7.99. The standard InChI is InChI=1S/C14H24N2O2/c17-14(18)9-16-7-11(5-10-1-2-10)6-13(8-16)15-12-3-4-12/h10-13,15H,1-9H2,(H,17,18). The number of carbonyl (C=O) groups is 1. The number of likely N-dealkylation sites (tertiary alicyclic amines) is 1. The third-order valence-corrected chi connectivity index (χ3v) is 4.38. The van der Waals surface area contributed by atoms with Crippen LogP contribution in [-0.2, 0) is 4.79 Å². The predicted octanol–water partition coefficient (Wildman–Crippen LogP) is 1.31. The molecule has 0 aromatic carbocycles. The van der Waals surface area contributed by atoms with Crippen molar-refractivity contribution in [1.29, 1.82) is 0 Å². The molecule has 2 atom stereocenters. The lowest BCUT2D eigenvalue weighted by atomic mass is 9.89. The zero-order valence-electron chi connectivity index (χ0n) is 11.0. The normalized spacial score (nSPS) is 33.6. The van der Waals surface area contributed by atoms with Crippen molar-refractivity contribution in [2.45, 2.75) is 50.6 Å². The first-order chi connectivity index (χ1) is 8.69. The Bertz CT molecular complexity index is 291. The van der Waals surface area contributed by atoms with Crippen LogP contribution in [0.3, 0.4) is 0 Å². The molecule has 2 aliphatic carbocycles. The maximum atomic E-state index is 10.9. The minimum atomic E-state index is -0.688. The molecule has 3 fully saturated rings. The summed E-state index contributed by atoms with van der Waals surface area (Å²) in [6.45, 7) is 2.12. The highest BCUT2D eigenvalue weighted by Crippen LogP contribution is 2.38. The molecular weight excluding hydrogens is 228 g/mol. The first-order valence-electron chi connectivity index (χ1n) is 7.39. The largest absolute Gasteiger partial charge is 0.480 e. The fraction of sp³-hybridized carbons (Fsp3) is 0.929. The van der Waals surface area contributed by atoms with Crippen molar-refractivity contribution in [3.8, 4) is 0 Å². The van der Waals surface area contributed by atoms with Crippen molar-refractivity contribution in [1.82, 2.24) is 10.2 Å². The van der Waals surface area contributed by atoms with Crippen LogP contribution in [0.2, 0.25) is 0 Å². The first-order valence-corrected chi connectivity index (χ1v) is 7.39. The van der Waals surface area contributed by atoms with Crippen molar-refractivity contribution >= 4 is 5.97 Å². The van der Waals surface area contributed by atoms with E-state index >= 15 is 0 Å². The number of nitrogens with one attached hydrogen (secondary N) is 1. The van der Waals surface area contributed by atoms with Crippen LogP contribution in [0.15, 0.2) is 0 Å². The summed E-state index contributed by atoms with van der Waals surface area (Å²) in [4.78, 5) is 13.0. The van der Waals surface area contributed by atoms with E-state index in [1.807, 2.05) is 0 Å². The number of hydrogen-bond acceptors (Lipinski definition) is 3. The summed E-state index contributed by atoms with van der Waals surface area (Å²) in [6, 6.07) is 1.25. The second-order valence-corrected chi connectivity index (χ2v) is 6.51. The Kier molecular flexibility index (Phi) is 3.57. The summed E-state index contributed by atoms with van der Waals surface area (Å²) in [5, 5.41) is 12.6. The number of piperidine rings is 1. The van der Waals surface area contributed by atoms with Gasteiger partial charge in [0.2, 0.25) is 0 Å². The van der Waals surface area contributed by atoms with E-state index in [1.165, 1.54) is 38.5 Å². The van der Waals surface area contributed by atoms with Crippen LogP contribution >= 0.6 is 0 Å². The highest BCUT2D eigenvalue weighted by atomic mass is 16.4. The van der Waals surface area contributed by atoms with E-state index in [-0.39, 0.29) is 6.54 Å². The molecule has 2 unspecified atom stereocenters. The van der Waals surface area contributed by atoms with E-state index in [0.717, 1.165) is 25.0 Å². The van der Waals surface area contributed by atoms with Crippen molar-refractivity contribution in [3.63, 3.8) is 0 Å². The molecule has 2 N–H and O–H groups in total. The molecule has 0 bridgehead atoms. The maximum absolute atomic E-state index is 10.9. The molecule has 0 radical (unpaired) electrons. The zero-order chi connectivity index (χ0) is 12.5. The van der Waals surface area contributed by atoms with Gasteiger partial charge < -0.3 is 10.4 Å². The molecule has 3 aliphatic rings. The van der Waals surface area contributed by atoms with Crippen LogP contribution in [0.1, 0.15) is 38.5 Å². The van der Waals surface area contributed by atoms with Crippen LogP contribution in [0.25, 0.3) is 0 Å². The van der Waals surface area contributed by atoms with Gasteiger partial charge in [0.15, 0.2) is 0 Å².